The van der Waals surface area contributed by atoms with E-state index in [4.69, 9.17) is 4.74 Å². The molecule has 2 rings (SSSR count). The molecular weight excluding hydrogens is 262 g/mol. The molecular formula is C18H21NO2. The van der Waals surface area contributed by atoms with Crippen LogP contribution in [0.25, 0.3) is 0 Å². The van der Waals surface area contributed by atoms with Gasteiger partial charge in [-0.15, -0.1) is 0 Å². The molecule has 2 aromatic rings. The molecule has 0 saturated heterocycles. The SMILES string of the molecule is COc1ccc(C)cc1CC(=O)Nc1cc(C)ccc1C. The fourth-order valence-electron chi connectivity index (χ4n) is 2.28. The summed E-state index contributed by atoms with van der Waals surface area (Å²) in [4.78, 5) is 12.3. The second kappa shape index (κ2) is 6.44. The highest BCUT2D eigenvalue weighted by atomic mass is 16.5. The molecule has 2 aromatic carbocycles. The van der Waals surface area contributed by atoms with Crippen LogP contribution in [-0.2, 0) is 11.2 Å². The zero-order valence-corrected chi connectivity index (χ0v) is 13.0. The maximum absolute atomic E-state index is 12.3. The minimum atomic E-state index is -0.0346. The first-order valence-electron chi connectivity index (χ1n) is 7.00. The molecule has 0 fully saturated rings. The Bertz CT molecular complexity index is 662. The number of amides is 1. The Hall–Kier alpha value is -2.29. The molecule has 0 atom stereocenters. The minimum absolute atomic E-state index is 0.0346. The zero-order valence-electron chi connectivity index (χ0n) is 13.0. The van der Waals surface area contributed by atoms with Gasteiger partial charge in [0.15, 0.2) is 0 Å². The summed E-state index contributed by atoms with van der Waals surface area (Å²) < 4.78 is 5.31. The largest absolute Gasteiger partial charge is 0.496 e. The van der Waals surface area contributed by atoms with Crippen molar-refractivity contribution in [2.75, 3.05) is 12.4 Å². The van der Waals surface area contributed by atoms with Gasteiger partial charge in [0.05, 0.1) is 13.5 Å². The summed E-state index contributed by atoms with van der Waals surface area (Å²) in [5.41, 5.74) is 5.08. The highest BCUT2D eigenvalue weighted by Crippen LogP contribution is 2.21. The third kappa shape index (κ3) is 3.85. The Morgan fingerprint density at radius 1 is 1.05 bits per heavy atom. The number of anilines is 1. The van der Waals surface area contributed by atoms with Crippen molar-refractivity contribution in [2.24, 2.45) is 0 Å². The molecule has 0 spiro atoms. The summed E-state index contributed by atoms with van der Waals surface area (Å²) in [5, 5.41) is 2.98. The van der Waals surface area contributed by atoms with Crippen LogP contribution in [0.2, 0.25) is 0 Å². The van der Waals surface area contributed by atoms with Crippen LogP contribution in [0.4, 0.5) is 5.69 Å². The van der Waals surface area contributed by atoms with Crippen LogP contribution in [0.1, 0.15) is 22.3 Å². The second-order valence-electron chi connectivity index (χ2n) is 5.36. The average molecular weight is 283 g/mol. The summed E-state index contributed by atoms with van der Waals surface area (Å²) in [7, 11) is 1.62. The molecule has 0 unspecified atom stereocenters. The van der Waals surface area contributed by atoms with Gasteiger partial charge in [0, 0.05) is 11.3 Å². The summed E-state index contributed by atoms with van der Waals surface area (Å²) in [6.07, 6.45) is 0.304. The predicted octanol–water partition coefficient (Wildman–Crippen LogP) is 3.80. The molecule has 0 aliphatic carbocycles. The number of hydrogen-bond acceptors (Lipinski definition) is 2. The lowest BCUT2D eigenvalue weighted by atomic mass is 10.1. The first-order chi connectivity index (χ1) is 9.99. The quantitative estimate of drug-likeness (QED) is 0.926. The molecule has 0 bridgehead atoms. The molecule has 110 valence electrons. The number of carbonyl (C=O) groups excluding carboxylic acids is 1. The maximum Gasteiger partial charge on any atom is 0.228 e. The first-order valence-corrected chi connectivity index (χ1v) is 7.00. The molecule has 3 heteroatoms. The van der Waals surface area contributed by atoms with Crippen molar-refractivity contribution in [3.05, 3.63) is 58.7 Å². The third-order valence-electron chi connectivity index (χ3n) is 3.45. The van der Waals surface area contributed by atoms with Gasteiger partial charge < -0.3 is 10.1 Å². The van der Waals surface area contributed by atoms with Gasteiger partial charge in [-0.1, -0.05) is 29.8 Å². The van der Waals surface area contributed by atoms with E-state index in [-0.39, 0.29) is 5.91 Å². The summed E-state index contributed by atoms with van der Waals surface area (Å²) >= 11 is 0. The van der Waals surface area contributed by atoms with Gasteiger partial charge in [-0.05, 0) is 44.0 Å². The van der Waals surface area contributed by atoms with Crippen molar-refractivity contribution >= 4 is 11.6 Å². The Labute approximate surface area is 126 Å². The average Bonchev–Trinajstić information content (AvgIpc) is 2.43. The van der Waals surface area contributed by atoms with E-state index in [0.717, 1.165) is 33.7 Å². The standard InChI is InChI=1S/C18H21NO2/c1-12-6-8-17(21-4)15(9-12)11-18(20)19-16-10-13(2)5-7-14(16)3/h5-10H,11H2,1-4H3,(H,19,20). The fourth-order valence-corrected chi connectivity index (χ4v) is 2.28. The van der Waals surface area contributed by atoms with Crippen molar-refractivity contribution in [2.45, 2.75) is 27.2 Å². The van der Waals surface area contributed by atoms with Crippen molar-refractivity contribution in [3.63, 3.8) is 0 Å². The van der Waals surface area contributed by atoms with E-state index in [1.807, 2.05) is 57.2 Å². The summed E-state index contributed by atoms with van der Waals surface area (Å²) in [5.74, 6) is 0.712. The monoisotopic (exact) mass is 283 g/mol. The van der Waals surface area contributed by atoms with Crippen molar-refractivity contribution in [1.82, 2.24) is 0 Å². The summed E-state index contributed by atoms with van der Waals surface area (Å²) in [6, 6.07) is 11.9. The number of aryl methyl sites for hydroxylation is 3. The maximum atomic E-state index is 12.3. The number of nitrogens with one attached hydrogen (secondary N) is 1. The zero-order chi connectivity index (χ0) is 15.4. The molecule has 0 aliphatic rings. The number of benzene rings is 2. The second-order valence-corrected chi connectivity index (χ2v) is 5.36. The molecule has 0 radical (unpaired) electrons. The van der Waals surface area contributed by atoms with E-state index in [1.54, 1.807) is 7.11 Å². The number of ether oxygens (including phenoxy) is 1. The number of rotatable bonds is 4. The van der Waals surface area contributed by atoms with Gasteiger partial charge in [-0.25, -0.2) is 0 Å². The molecule has 0 aromatic heterocycles. The van der Waals surface area contributed by atoms with E-state index < -0.39 is 0 Å². The summed E-state index contributed by atoms with van der Waals surface area (Å²) in [6.45, 7) is 6.01. The first kappa shape index (κ1) is 15.1. The molecule has 21 heavy (non-hydrogen) atoms. The lowest BCUT2D eigenvalue weighted by Gasteiger charge is -2.12. The topological polar surface area (TPSA) is 38.3 Å². The van der Waals surface area contributed by atoms with Gasteiger partial charge in [0.2, 0.25) is 5.91 Å². The molecule has 0 saturated carbocycles. The number of hydrogen-bond donors (Lipinski definition) is 1. The Morgan fingerprint density at radius 3 is 2.43 bits per heavy atom. The van der Waals surface area contributed by atoms with Crippen molar-refractivity contribution in [3.8, 4) is 5.75 Å². The molecule has 0 aliphatic heterocycles. The highest BCUT2D eigenvalue weighted by Gasteiger charge is 2.10. The smallest absolute Gasteiger partial charge is 0.228 e. The van der Waals surface area contributed by atoms with Crippen LogP contribution in [0, 0.1) is 20.8 Å². The number of carbonyl (C=O) groups is 1. The highest BCUT2D eigenvalue weighted by molar-refractivity contribution is 5.93. The molecule has 1 amide bonds. The van der Waals surface area contributed by atoms with Gasteiger partial charge in [0.1, 0.15) is 5.75 Å². The molecule has 1 N–H and O–H groups in total. The Morgan fingerprint density at radius 2 is 1.71 bits per heavy atom. The van der Waals surface area contributed by atoms with E-state index in [1.165, 1.54) is 0 Å². The van der Waals surface area contributed by atoms with Crippen LogP contribution in [0.15, 0.2) is 36.4 Å². The van der Waals surface area contributed by atoms with E-state index in [2.05, 4.69) is 5.32 Å². The Balaban J connectivity index is 2.15. The van der Waals surface area contributed by atoms with Crippen LogP contribution in [0.5, 0.6) is 5.75 Å². The van der Waals surface area contributed by atoms with Crippen molar-refractivity contribution in [1.29, 1.82) is 0 Å². The van der Waals surface area contributed by atoms with Crippen LogP contribution in [-0.4, -0.2) is 13.0 Å². The van der Waals surface area contributed by atoms with Gasteiger partial charge >= 0.3 is 0 Å². The van der Waals surface area contributed by atoms with E-state index in [0.29, 0.717) is 6.42 Å². The molecule has 0 heterocycles. The van der Waals surface area contributed by atoms with Gasteiger partial charge in [0.25, 0.3) is 0 Å². The van der Waals surface area contributed by atoms with Crippen LogP contribution in [0.3, 0.4) is 0 Å². The van der Waals surface area contributed by atoms with Gasteiger partial charge in [-0.2, -0.15) is 0 Å². The lowest BCUT2D eigenvalue weighted by molar-refractivity contribution is -0.115. The van der Waals surface area contributed by atoms with E-state index in [9.17, 15) is 4.79 Å². The predicted molar refractivity (Wildman–Crippen MR) is 86.0 cm³/mol. The third-order valence-corrected chi connectivity index (χ3v) is 3.45. The Kier molecular flexibility index (Phi) is 4.63. The van der Waals surface area contributed by atoms with Crippen molar-refractivity contribution < 1.29 is 9.53 Å². The lowest BCUT2D eigenvalue weighted by Crippen LogP contribution is -2.15. The van der Waals surface area contributed by atoms with Crippen LogP contribution >= 0.6 is 0 Å². The minimum Gasteiger partial charge on any atom is -0.496 e. The fraction of sp³-hybridized carbons (Fsp3) is 0.278. The van der Waals surface area contributed by atoms with Gasteiger partial charge in [-0.3, -0.25) is 4.79 Å². The normalized spacial score (nSPS) is 10.3. The van der Waals surface area contributed by atoms with Crippen LogP contribution < -0.4 is 10.1 Å². The van der Waals surface area contributed by atoms with E-state index >= 15 is 0 Å². The number of methoxy groups -OCH3 is 1. The molecule has 3 nitrogen and oxygen atoms in total.